The highest BCUT2D eigenvalue weighted by Gasteiger charge is 2.56. The maximum Gasteiger partial charge on any atom is 0.410 e. The van der Waals surface area contributed by atoms with Crippen molar-refractivity contribution in [3.63, 3.8) is 0 Å². The lowest BCUT2D eigenvalue weighted by Crippen LogP contribution is -2.55. The van der Waals surface area contributed by atoms with Crippen LogP contribution in [0.5, 0.6) is 0 Å². The van der Waals surface area contributed by atoms with Crippen LogP contribution in [-0.2, 0) is 64.1 Å². The van der Waals surface area contributed by atoms with Gasteiger partial charge in [0.1, 0.15) is 30.8 Å². The number of aromatic nitrogens is 5. The van der Waals surface area contributed by atoms with Gasteiger partial charge in [-0.25, -0.2) is 24.4 Å². The topological polar surface area (TPSA) is 402 Å². The third-order valence-electron chi connectivity index (χ3n) is 19.2. The van der Waals surface area contributed by atoms with Gasteiger partial charge in [-0.05, 0) is 153 Å². The zero-order chi connectivity index (χ0) is 73.3. The second-order valence-corrected chi connectivity index (χ2v) is 31.0. The molecule has 2 bridgehead atoms. The number of hydrogen-bond donors (Lipinski definition) is 9. The van der Waals surface area contributed by atoms with Gasteiger partial charge in [0.25, 0.3) is 17.7 Å². The summed E-state index contributed by atoms with van der Waals surface area (Å²) in [6.07, 6.45) is 10.0. The largest absolute Gasteiger partial charge is 0.476 e. The number of aromatic carboxylic acids is 1. The molecule has 4 aromatic heterocycles. The smallest absolute Gasteiger partial charge is 0.410 e. The van der Waals surface area contributed by atoms with Crippen LogP contribution < -0.4 is 37.2 Å². The fourth-order valence-corrected chi connectivity index (χ4v) is 16.8. The van der Waals surface area contributed by atoms with Crippen molar-refractivity contribution in [1.82, 2.24) is 50.5 Å². The van der Waals surface area contributed by atoms with Crippen LogP contribution in [0.2, 0.25) is 0 Å². The number of carboxylic acid groups (broad SMARTS) is 1. The lowest BCUT2D eigenvalue weighted by molar-refractivity contribution is -0.178. The SMILES string of the molecule is Cc1c(-c2ccc(N3CCc4cccc(C(=O)Nc5nc6ncccc6s5)c4C3)nc2C(=O)O)cnn1CC1(C)CC2(C)CC(C)CC(OCCN(CP(=O)(O)O)C(=O)OCc3ccc(NC(=O)[C@H](CCCNC(N)=O)NC(=O)[C@@H](NC(=O)CCCCCN4C(=O)C=CC4=O)C(C)C)cc3)(C2)C1. The summed E-state index contributed by atoms with van der Waals surface area (Å²) in [6, 6.07) is 16.2. The summed E-state index contributed by atoms with van der Waals surface area (Å²) in [6.45, 7) is 13.1. The number of fused-ring (bicyclic) bond motifs is 4. The molecular weight excluding hydrogens is 1350 g/mol. The number of carboxylic acids is 1. The number of anilines is 3. The number of rotatable bonds is 31. The standard InChI is InChI=1S/C71H89N14O15PS/c1-43(2)59(79-56(86)17-8-7-9-29-84-57(87)24-25-58(84)88)64(91)77-53(15-11-28-74-66(72)94)63(90)76-48-20-18-46(19-21-48)37-99-68(95)83(42-101(96,97)98)31-32-100-71-34-44(3)33-69(5,39-71)38-70(6,40-71)41-85-45(4)51(35-75-85)49-22-23-55(78-60(49)65(92)93)82-30-26-47-13-10-14-50(52(47)36-82)62(89)81-67-80-61-54(102-67)16-12-27-73-61/h10,12-14,16,18-25,27,35,43-44,53,59H,7-9,11,15,17,26,28-34,36-42H2,1-6H3,(H,76,90)(H,77,91)(H,79,86)(H,92,93)(H3,72,74,94)(H2,96,97,98)(H,73,80,81,89)/t44?,53-,59-,69?,70?,71?/m0/s1. The minimum Gasteiger partial charge on any atom is -0.476 e. The van der Waals surface area contributed by atoms with E-state index in [9.17, 15) is 62.6 Å². The Hall–Kier alpha value is -9.48. The van der Waals surface area contributed by atoms with Gasteiger partial charge in [0.05, 0.1) is 23.1 Å². The van der Waals surface area contributed by atoms with Gasteiger partial charge in [-0.15, -0.1) is 0 Å². The van der Waals surface area contributed by atoms with E-state index in [2.05, 4.69) is 57.3 Å². The van der Waals surface area contributed by atoms with Crippen LogP contribution in [-0.4, -0.2) is 160 Å². The lowest BCUT2D eigenvalue weighted by atomic mass is 9.51. The van der Waals surface area contributed by atoms with Gasteiger partial charge in [0, 0.05) is 92.1 Å². The molecule has 2 saturated carbocycles. The van der Waals surface area contributed by atoms with Crippen molar-refractivity contribution < 1.29 is 72.1 Å². The molecule has 6 heterocycles. The van der Waals surface area contributed by atoms with E-state index >= 15 is 0 Å². The molecule has 0 radical (unpaired) electrons. The number of nitrogens with zero attached hydrogens (tertiary/aromatic N) is 8. The van der Waals surface area contributed by atoms with E-state index < -0.39 is 72.8 Å². The third kappa shape index (κ3) is 19.2. The number of urea groups is 1. The Bertz CT molecular complexity index is 4190. The van der Waals surface area contributed by atoms with Crippen molar-refractivity contribution in [1.29, 1.82) is 0 Å². The second kappa shape index (κ2) is 32.2. The first kappa shape index (κ1) is 75.2. The van der Waals surface area contributed by atoms with Crippen molar-refractivity contribution in [2.75, 3.05) is 54.6 Å². The van der Waals surface area contributed by atoms with Crippen molar-refractivity contribution >= 4 is 99.5 Å². The van der Waals surface area contributed by atoms with E-state index in [1.807, 2.05) is 40.8 Å². The molecule has 2 aliphatic carbocycles. The average molecular weight is 1440 g/mol. The molecule has 2 aliphatic heterocycles. The molecule has 10 N–H and O–H groups in total. The maximum absolute atomic E-state index is 13.9. The third-order valence-corrected chi connectivity index (χ3v) is 20.8. The predicted molar refractivity (Wildman–Crippen MR) is 380 cm³/mol. The van der Waals surface area contributed by atoms with Crippen LogP contribution in [0, 0.1) is 29.6 Å². The molecule has 6 aromatic rings. The van der Waals surface area contributed by atoms with Crippen LogP contribution in [0.4, 0.5) is 26.2 Å². The Morgan fingerprint density at radius 1 is 0.873 bits per heavy atom. The summed E-state index contributed by atoms with van der Waals surface area (Å²) >= 11 is 1.33. The fourth-order valence-electron chi connectivity index (χ4n) is 15.3. The molecule has 31 heteroatoms. The average Bonchev–Trinajstić information content (AvgIpc) is 0.738. The Labute approximate surface area is 594 Å². The van der Waals surface area contributed by atoms with Gasteiger partial charge in [-0.1, -0.05) is 76.6 Å². The van der Waals surface area contributed by atoms with Gasteiger partial charge < -0.3 is 56.3 Å². The maximum atomic E-state index is 13.9. The molecule has 2 aromatic carbocycles. The molecule has 0 spiro atoms. The summed E-state index contributed by atoms with van der Waals surface area (Å²) in [4.78, 5) is 154. The van der Waals surface area contributed by atoms with Gasteiger partial charge >= 0.3 is 25.7 Å². The summed E-state index contributed by atoms with van der Waals surface area (Å²) in [5, 5.41) is 29.7. The highest BCUT2D eigenvalue weighted by molar-refractivity contribution is 7.51. The fraction of sp³-hybridized carbons (Fsp3) is 0.479. The quantitative estimate of drug-likeness (QED) is 0.0112. The molecule has 4 aliphatic rings. The molecule has 0 saturated heterocycles. The first-order valence-electron chi connectivity index (χ1n) is 34.3. The summed E-state index contributed by atoms with van der Waals surface area (Å²) in [5.74, 6) is -3.57. The minimum atomic E-state index is -4.82. The highest BCUT2D eigenvalue weighted by atomic mass is 32.1. The number of nitrogens with two attached hydrogens (primary N) is 1. The van der Waals surface area contributed by atoms with E-state index in [4.69, 9.17) is 25.3 Å². The number of hydrogen-bond acceptors (Lipinski definition) is 18. The monoisotopic (exact) mass is 1440 g/mol. The lowest BCUT2D eigenvalue weighted by Gasteiger charge is -2.58. The molecule has 544 valence electrons. The van der Waals surface area contributed by atoms with Crippen LogP contribution in [0.25, 0.3) is 21.5 Å². The van der Waals surface area contributed by atoms with Crippen LogP contribution in [0.3, 0.4) is 0 Å². The normalized spacial score (nSPS) is 20.0. The molecule has 10 rings (SSSR count). The van der Waals surface area contributed by atoms with E-state index in [1.165, 1.54) is 23.5 Å². The zero-order valence-electron chi connectivity index (χ0n) is 58.1. The Morgan fingerprint density at radius 3 is 2.35 bits per heavy atom. The number of carbonyl (C=O) groups is 9. The van der Waals surface area contributed by atoms with Crippen molar-refractivity contribution in [3.8, 4) is 11.1 Å². The van der Waals surface area contributed by atoms with E-state index in [0.717, 1.165) is 44.2 Å². The number of benzene rings is 2. The Kier molecular flexibility index (Phi) is 23.8. The summed E-state index contributed by atoms with van der Waals surface area (Å²) in [7, 11) is -4.82. The number of primary amides is 1. The molecule has 2 fully saturated rings. The molecular formula is C71H89N14O15PS. The number of nitrogens with one attached hydrogen (secondary N) is 5. The van der Waals surface area contributed by atoms with Crippen LogP contribution in [0.15, 0.2) is 91.3 Å². The number of pyridine rings is 2. The molecule has 29 nitrogen and oxygen atoms in total. The van der Waals surface area contributed by atoms with Crippen molar-refractivity contribution in [2.24, 2.45) is 28.4 Å². The van der Waals surface area contributed by atoms with Crippen LogP contribution >= 0.6 is 18.9 Å². The molecule has 4 unspecified atom stereocenters. The van der Waals surface area contributed by atoms with Crippen LogP contribution in [0.1, 0.15) is 148 Å². The summed E-state index contributed by atoms with van der Waals surface area (Å²) < 4.78 is 27.8. The van der Waals surface area contributed by atoms with Gasteiger partial charge in [-0.3, -0.25) is 53.1 Å². The first-order valence-corrected chi connectivity index (χ1v) is 36.9. The van der Waals surface area contributed by atoms with Gasteiger partial charge in [0.2, 0.25) is 17.7 Å². The van der Waals surface area contributed by atoms with Crippen molar-refractivity contribution in [2.45, 2.75) is 156 Å². The number of unbranched alkanes of at least 4 members (excludes halogenated alkanes) is 2. The van der Waals surface area contributed by atoms with Gasteiger partial charge in [0.15, 0.2) is 16.5 Å². The minimum absolute atomic E-state index is 0.0671. The first-order chi connectivity index (χ1) is 48.4. The van der Waals surface area contributed by atoms with E-state index in [1.54, 1.807) is 68.7 Å². The number of imide groups is 1. The number of ether oxygens (including phenoxy) is 2. The highest BCUT2D eigenvalue weighted by Crippen LogP contribution is 2.60. The molecule has 102 heavy (non-hydrogen) atoms. The molecule has 6 atom stereocenters. The van der Waals surface area contributed by atoms with E-state index in [-0.39, 0.29) is 92.8 Å². The molecule has 9 amide bonds. The Balaban J connectivity index is 0.739. The number of carbonyl (C=O) groups excluding carboxylic acids is 8. The zero-order valence-corrected chi connectivity index (χ0v) is 59.8. The Morgan fingerprint density at radius 2 is 1.64 bits per heavy atom. The van der Waals surface area contributed by atoms with Gasteiger partial charge in [-0.2, -0.15) is 10.1 Å². The predicted octanol–water partition coefficient (Wildman–Crippen LogP) is 8.43. The number of amides is 9. The second-order valence-electron chi connectivity index (χ2n) is 28.3. The van der Waals surface area contributed by atoms with E-state index in [0.29, 0.717) is 109 Å². The summed E-state index contributed by atoms with van der Waals surface area (Å²) in [5.41, 5.74) is 9.22. The van der Waals surface area contributed by atoms with Crippen molar-refractivity contribution in [3.05, 3.63) is 125 Å². The number of thiazole rings is 1.